The second-order valence-electron chi connectivity index (χ2n) is 5.20. The van der Waals surface area contributed by atoms with Gasteiger partial charge in [0.25, 0.3) is 0 Å². The zero-order valence-corrected chi connectivity index (χ0v) is 11.9. The molecule has 0 bridgehead atoms. The third-order valence-electron chi connectivity index (χ3n) is 3.20. The van der Waals surface area contributed by atoms with Crippen LogP contribution in [0.5, 0.6) is 0 Å². The highest BCUT2D eigenvalue weighted by Gasteiger charge is 2.39. The van der Waals surface area contributed by atoms with E-state index in [1.165, 1.54) is 6.08 Å². The minimum atomic E-state index is -1.53. The summed E-state index contributed by atoms with van der Waals surface area (Å²) in [4.78, 5) is 22.7. The molecule has 0 radical (unpaired) electrons. The lowest BCUT2D eigenvalue weighted by molar-refractivity contribution is -0.145. The maximum absolute atomic E-state index is 11.7. The molecule has 1 amide bonds. The van der Waals surface area contributed by atoms with Crippen molar-refractivity contribution in [2.75, 3.05) is 6.61 Å². The molecule has 4 atom stereocenters. The van der Waals surface area contributed by atoms with Crippen molar-refractivity contribution < 1.29 is 34.8 Å². The molecule has 1 aliphatic rings. The van der Waals surface area contributed by atoms with E-state index in [1.54, 1.807) is 13.8 Å². The van der Waals surface area contributed by atoms with Crippen molar-refractivity contribution >= 4 is 11.9 Å². The average molecular weight is 303 g/mol. The van der Waals surface area contributed by atoms with Crippen LogP contribution in [0, 0.1) is 5.92 Å². The number of carbonyl (C=O) groups excluding carboxylic acids is 1. The van der Waals surface area contributed by atoms with Gasteiger partial charge in [0.15, 0.2) is 0 Å². The molecule has 0 aromatic carbocycles. The van der Waals surface area contributed by atoms with Gasteiger partial charge in [0.1, 0.15) is 18.3 Å². The van der Waals surface area contributed by atoms with Gasteiger partial charge in [-0.1, -0.05) is 13.8 Å². The fourth-order valence-corrected chi connectivity index (χ4v) is 1.91. The van der Waals surface area contributed by atoms with Gasteiger partial charge in [0.2, 0.25) is 11.7 Å². The Morgan fingerprint density at radius 1 is 1.43 bits per heavy atom. The number of aliphatic hydroxyl groups excluding tert-OH is 3. The minimum absolute atomic E-state index is 0.139. The predicted octanol–water partition coefficient (Wildman–Crippen LogP) is -1.40. The van der Waals surface area contributed by atoms with Crippen molar-refractivity contribution in [1.29, 1.82) is 0 Å². The van der Waals surface area contributed by atoms with Crippen molar-refractivity contribution in [3.63, 3.8) is 0 Å². The number of carbonyl (C=O) groups is 2. The first-order chi connectivity index (χ1) is 9.77. The van der Waals surface area contributed by atoms with Gasteiger partial charge in [-0.25, -0.2) is 4.79 Å². The first kappa shape index (κ1) is 17.4. The van der Waals surface area contributed by atoms with Crippen molar-refractivity contribution in [1.82, 2.24) is 5.32 Å². The predicted molar refractivity (Wildman–Crippen MR) is 71.1 cm³/mol. The van der Waals surface area contributed by atoms with Gasteiger partial charge < -0.3 is 30.5 Å². The van der Waals surface area contributed by atoms with Crippen LogP contribution in [0.3, 0.4) is 0 Å². The molecule has 0 aromatic heterocycles. The molecule has 8 nitrogen and oxygen atoms in total. The maximum atomic E-state index is 11.7. The number of amides is 1. The van der Waals surface area contributed by atoms with Crippen LogP contribution in [-0.4, -0.2) is 63.3 Å². The maximum Gasteiger partial charge on any atom is 0.370 e. The van der Waals surface area contributed by atoms with E-state index in [0.29, 0.717) is 0 Å². The lowest BCUT2D eigenvalue weighted by Gasteiger charge is -2.36. The van der Waals surface area contributed by atoms with E-state index in [1.807, 2.05) is 0 Å². The molecule has 0 spiro atoms. The molecule has 1 heterocycles. The van der Waals surface area contributed by atoms with Crippen LogP contribution >= 0.6 is 0 Å². The lowest BCUT2D eigenvalue weighted by Crippen LogP contribution is -2.55. The number of hydrogen-bond acceptors (Lipinski definition) is 6. The van der Waals surface area contributed by atoms with Crippen LogP contribution < -0.4 is 5.32 Å². The summed E-state index contributed by atoms with van der Waals surface area (Å²) in [5.41, 5.74) is 0. The van der Waals surface area contributed by atoms with E-state index >= 15 is 0 Å². The number of ether oxygens (including phenoxy) is 1. The summed E-state index contributed by atoms with van der Waals surface area (Å²) in [6.07, 6.45) is -2.76. The van der Waals surface area contributed by atoms with Crippen LogP contribution in [-0.2, 0) is 14.3 Å². The second kappa shape index (κ2) is 7.39. The molecule has 0 saturated heterocycles. The Bertz CT molecular complexity index is 421. The van der Waals surface area contributed by atoms with Gasteiger partial charge in [0.05, 0.1) is 12.6 Å². The van der Waals surface area contributed by atoms with Crippen molar-refractivity contribution in [2.24, 2.45) is 5.92 Å². The van der Waals surface area contributed by atoms with E-state index in [4.69, 9.17) is 14.9 Å². The summed E-state index contributed by atoms with van der Waals surface area (Å²) >= 11 is 0. The first-order valence-corrected chi connectivity index (χ1v) is 6.65. The third-order valence-corrected chi connectivity index (χ3v) is 3.20. The Balaban J connectivity index is 2.91. The minimum Gasteiger partial charge on any atom is -0.478 e. The van der Waals surface area contributed by atoms with Crippen molar-refractivity contribution in [3.8, 4) is 0 Å². The molecule has 21 heavy (non-hydrogen) atoms. The van der Waals surface area contributed by atoms with Gasteiger partial charge in [-0.15, -0.1) is 0 Å². The molecule has 4 unspecified atom stereocenters. The first-order valence-electron chi connectivity index (χ1n) is 6.65. The summed E-state index contributed by atoms with van der Waals surface area (Å²) < 4.78 is 5.15. The molecule has 8 heteroatoms. The topological polar surface area (TPSA) is 136 Å². The van der Waals surface area contributed by atoms with E-state index in [2.05, 4.69) is 5.32 Å². The molecule has 1 rings (SSSR count). The van der Waals surface area contributed by atoms with Gasteiger partial charge in [-0.05, 0) is 12.5 Å². The Morgan fingerprint density at radius 3 is 2.52 bits per heavy atom. The van der Waals surface area contributed by atoms with Crippen LogP contribution in [0.2, 0.25) is 0 Å². The number of aliphatic hydroxyl groups is 3. The number of carboxylic acids is 1. The molecule has 0 aliphatic carbocycles. The number of aliphatic carboxylic acids is 1. The van der Waals surface area contributed by atoms with Gasteiger partial charge in [-0.3, -0.25) is 4.79 Å². The Labute approximate surface area is 122 Å². The molecular weight excluding hydrogens is 282 g/mol. The van der Waals surface area contributed by atoms with Gasteiger partial charge in [-0.2, -0.15) is 0 Å². The van der Waals surface area contributed by atoms with Crippen molar-refractivity contribution in [2.45, 2.75) is 44.6 Å². The molecule has 120 valence electrons. The zero-order valence-electron chi connectivity index (χ0n) is 11.9. The summed E-state index contributed by atoms with van der Waals surface area (Å²) in [6, 6.07) is -0.695. The monoisotopic (exact) mass is 303 g/mol. The van der Waals surface area contributed by atoms with Crippen LogP contribution in [0.15, 0.2) is 11.8 Å². The van der Waals surface area contributed by atoms with Crippen LogP contribution in [0.25, 0.3) is 0 Å². The van der Waals surface area contributed by atoms with E-state index < -0.39 is 36.9 Å². The number of nitrogens with one attached hydrogen (secondary N) is 1. The highest BCUT2D eigenvalue weighted by Crippen LogP contribution is 2.22. The SMILES string of the molecule is CC(C)C(=O)NC1CC=C(C(=O)O)OC1C(O)C(O)CO. The fraction of sp³-hybridized carbons (Fsp3) is 0.692. The third kappa shape index (κ3) is 4.42. The van der Waals surface area contributed by atoms with Crippen LogP contribution in [0.1, 0.15) is 20.3 Å². The molecular formula is C13H21NO7. The highest BCUT2D eigenvalue weighted by atomic mass is 16.5. The summed E-state index contributed by atoms with van der Waals surface area (Å²) in [5.74, 6) is -2.25. The number of carboxylic acid groups (broad SMARTS) is 1. The van der Waals surface area contributed by atoms with E-state index in [-0.39, 0.29) is 24.0 Å². The quantitative estimate of drug-likeness (QED) is 0.407. The lowest BCUT2D eigenvalue weighted by atomic mass is 9.95. The largest absolute Gasteiger partial charge is 0.478 e. The van der Waals surface area contributed by atoms with Gasteiger partial charge >= 0.3 is 5.97 Å². The van der Waals surface area contributed by atoms with Gasteiger partial charge in [0, 0.05) is 5.92 Å². The van der Waals surface area contributed by atoms with Crippen molar-refractivity contribution in [3.05, 3.63) is 11.8 Å². The molecule has 0 saturated carbocycles. The Kier molecular flexibility index (Phi) is 6.13. The van der Waals surface area contributed by atoms with E-state index in [0.717, 1.165) is 0 Å². The molecule has 1 aliphatic heterocycles. The number of hydrogen-bond donors (Lipinski definition) is 5. The zero-order chi connectivity index (χ0) is 16.2. The summed E-state index contributed by atoms with van der Waals surface area (Å²) in [6.45, 7) is 2.66. The molecule has 0 fully saturated rings. The Morgan fingerprint density at radius 2 is 2.05 bits per heavy atom. The smallest absolute Gasteiger partial charge is 0.370 e. The highest BCUT2D eigenvalue weighted by molar-refractivity contribution is 5.84. The standard InChI is InChI=1S/C13H21NO7/c1-6(2)12(18)14-7-3-4-9(13(19)20)21-11(7)10(17)8(16)5-15/h4,6-8,10-11,15-17H,3,5H2,1-2H3,(H,14,18)(H,19,20). The normalized spacial score (nSPS) is 24.8. The number of rotatable bonds is 6. The Hall–Kier alpha value is -1.64. The molecule has 0 aromatic rings. The average Bonchev–Trinajstić information content (AvgIpc) is 2.45. The van der Waals surface area contributed by atoms with Crippen LogP contribution in [0.4, 0.5) is 0 Å². The summed E-state index contributed by atoms with van der Waals surface area (Å²) in [7, 11) is 0. The van der Waals surface area contributed by atoms with E-state index in [9.17, 15) is 19.8 Å². The second-order valence-corrected chi connectivity index (χ2v) is 5.20. The molecule has 5 N–H and O–H groups in total. The fourth-order valence-electron chi connectivity index (χ4n) is 1.91. The summed E-state index contributed by atoms with van der Waals surface area (Å²) in [5, 5.41) is 39.9.